The number of nitrogens with zero attached hydrogens (tertiary/aromatic N) is 1. The summed E-state index contributed by atoms with van der Waals surface area (Å²) < 4.78 is 0. The molecule has 12 heavy (non-hydrogen) atoms. The average Bonchev–Trinajstić information content (AvgIpc) is 2.03. The van der Waals surface area contributed by atoms with Crippen LogP contribution in [0.25, 0.3) is 0 Å². The number of aromatic nitrogens is 1. The van der Waals surface area contributed by atoms with Gasteiger partial charge in [0.05, 0.1) is 11.9 Å². The first-order valence-corrected chi connectivity index (χ1v) is 3.86. The van der Waals surface area contributed by atoms with Gasteiger partial charge in [0.25, 0.3) is 0 Å². The van der Waals surface area contributed by atoms with Gasteiger partial charge in [-0.1, -0.05) is 19.8 Å². The van der Waals surface area contributed by atoms with Crippen LogP contribution in [0.1, 0.15) is 30.9 Å². The van der Waals surface area contributed by atoms with Crippen molar-refractivity contribution in [1.29, 1.82) is 0 Å². The van der Waals surface area contributed by atoms with Crippen LogP contribution in [0.3, 0.4) is 0 Å². The zero-order valence-electron chi connectivity index (χ0n) is 7.33. The van der Waals surface area contributed by atoms with Gasteiger partial charge in [-0.05, 0) is 11.5 Å². The molecular weight excluding hydrogens is 148 g/mol. The number of anilines is 1. The Morgan fingerprint density at radius 2 is 2.17 bits per heavy atom. The molecular formula is C10H12N2. The van der Waals surface area contributed by atoms with Crippen LogP contribution in [0.4, 0.5) is 5.69 Å². The molecule has 0 spiro atoms. The minimum atomic E-state index is 0.346. The molecule has 0 fully saturated rings. The number of nitrogen functional groups attached to an aromatic ring is 1. The number of hydrogen-bond acceptors (Lipinski definition) is 2. The number of pyridine rings is 1. The van der Waals surface area contributed by atoms with Crippen molar-refractivity contribution in [2.75, 3.05) is 5.73 Å². The van der Waals surface area contributed by atoms with E-state index in [0.717, 1.165) is 11.1 Å². The summed E-state index contributed by atoms with van der Waals surface area (Å²) in [5, 5.41) is 0. The van der Waals surface area contributed by atoms with E-state index in [0.29, 0.717) is 11.6 Å². The molecule has 0 aromatic carbocycles. The second-order valence-corrected chi connectivity index (χ2v) is 2.99. The van der Waals surface area contributed by atoms with Gasteiger partial charge in [-0.15, -0.1) is 6.42 Å². The molecule has 0 saturated carbocycles. The van der Waals surface area contributed by atoms with Gasteiger partial charge in [-0.2, -0.15) is 0 Å². The van der Waals surface area contributed by atoms with Gasteiger partial charge < -0.3 is 5.73 Å². The quantitative estimate of drug-likeness (QED) is 0.636. The van der Waals surface area contributed by atoms with Crippen molar-refractivity contribution in [1.82, 2.24) is 4.98 Å². The molecule has 0 atom stereocenters. The summed E-state index contributed by atoms with van der Waals surface area (Å²) in [5.41, 5.74) is 8.24. The largest absolute Gasteiger partial charge is 0.397 e. The van der Waals surface area contributed by atoms with Crippen LogP contribution in [0.5, 0.6) is 0 Å². The van der Waals surface area contributed by atoms with E-state index in [-0.39, 0.29) is 0 Å². The molecule has 0 bridgehead atoms. The molecule has 0 unspecified atom stereocenters. The zero-order chi connectivity index (χ0) is 9.14. The molecule has 2 nitrogen and oxygen atoms in total. The molecule has 0 radical (unpaired) electrons. The Kier molecular flexibility index (Phi) is 2.35. The molecule has 0 aliphatic carbocycles. The third-order valence-electron chi connectivity index (χ3n) is 1.75. The van der Waals surface area contributed by atoms with Gasteiger partial charge in [0, 0.05) is 11.8 Å². The summed E-state index contributed by atoms with van der Waals surface area (Å²) >= 11 is 0. The smallest absolute Gasteiger partial charge is 0.0548 e. The van der Waals surface area contributed by atoms with E-state index >= 15 is 0 Å². The maximum Gasteiger partial charge on any atom is 0.0548 e. The second-order valence-electron chi connectivity index (χ2n) is 2.99. The molecule has 0 saturated heterocycles. The first kappa shape index (κ1) is 8.61. The van der Waals surface area contributed by atoms with Crippen molar-refractivity contribution < 1.29 is 0 Å². The number of rotatable bonds is 1. The van der Waals surface area contributed by atoms with Gasteiger partial charge in [-0.25, -0.2) is 0 Å². The number of nitrogens with two attached hydrogens (primary N) is 1. The van der Waals surface area contributed by atoms with Crippen LogP contribution in [0.2, 0.25) is 0 Å². The Morgan fingerprint density at radius 1 is 1.50 bits per heavy atom. The predicted molar refractivity (Wildman–Crippen MR) is 50.7 cm³/mol. The van der Waals surface area contributed by atoms with E-state index in [1.54, 1.807) is 12.4 Å². The maximum atomic E-state index is 5.74. The lowest BCUT2D eigenvalue weighted by Gasteiger charge is -2.10. The fourth-order valence-electron chi connectivity index (χ4n) is 1.25. The van der Waals surface area contributed by atoms with Gasteiger partial charge in [0.15, 0.2) is 0 Å². The van der Waals surface area contributed by atoms with Gasteiger partial charge in [0.2, 0.25) is 0 Å². The molecule has 1 heterocycles. The van der Waals surface area contributed by atoms with Crippen molar-refractivity contribution in [2.45, 2.75) is 19.8 Å². The standard InChI is InChI=1S/C10H12N2/c1-4-8-5-12-6-9(11)10(8)7(2)3/h1,5-7H,11H2,2-3H3. The fourth-order valence-corrected chi connectivity index (χ4v) is 1.25. The van der Waals surface area contributed by atoms with Crippen LogP contribution in [-0.4, -0.2) is 4.98 Å². The lowest BCUT2D eigenvalue weighted by atomic mass is 9.98. The van der Waals surface area contributed by atoms with E-state index in [2.05, 4.69) is 24.8 Å². The van der Waals surface area contributed by atoms with Crippen LogP contribution < -0.4 is 5.73 Å². The summed E-state index contributed by atoms with van der Waals surface area (Å²) in [6.45, 7) is 4.12. The third-order valence-corrected chi connectivity index (χ3v) is 1.75. The zero-order valence-corrected chi connectivity index (χ0v) is 7.33. The molecule has 2 N–H and O–H groups in total. The van der Waals surface area contributed by atoms with Crippen molar-refractivity contribution in [3.63, 3.8) is 0 Å². The highest BCUT2D eigenvalue weighted by atomic mass is 14.7. The highest BCUT2D eigenvalue weighted by molar-refractivity contribution is 5.55. The van der Waals surface area contributed by atoms with E-state index in [4.69, 9.17) is 12.2 Å². The summed E-state index contributed by atoms with van der Waals surface area (Å²) in [6.07, 6.45) is 8.62. The number of hydrogen-bond donors (Lipinski definition) is 1. The maximum absolute atomic E-state index is 5.74. The minimum Gasteiger partial charge on any atom is -0.397 e. The fraction of sp³-hybridized carbons (Fsp3) is 0.300. The monoisotopic (exact) mass is 160 g/mol. The Hall–Kier alpha value is -1.49. The summed E-state index contributed by atoms with van der Waals surface area (Å²) in [5.74, 6) is 2.92. The number of terminal acetylenes is 1. The Morgan fingerprint density at radius 3 is 2.58 bits per heavy atom. The third kappa shape index (κ3) is 1.40. The molecule has 0 amide bonds. The summed E-state index contributed by atoms with van der Waals surface area (Å²) in [7, 11) is 0. The first-order valence-electron chi connectivity index (χ1n) is 3.86. The predicted octanol–water partition coefficient (Wildman–Crippen LogP) is 1.77. The normalized spacial score (nSPS) is 9.83. The second kappa shape index (κ2) is 3.27. The highest BCUT2D eigenvalue weighted by Gasteiger charge is 2.08. The Balaban J connectivity index is 3.32. The summed E-state index contributed by atoms with van der Waals surface area (Å²) in [4.78, 5) is 3.93. The van der Waals surface area contributed by atoms with E-state index < -0.39 is 0 Å². The lowest BCUT2D eigenvalue weighted by molar-refractivity contribution is 0.863. The van der Waals surface area contributed by atoms with Crippen LogP contribution >= 0.6 is 0 Å². The minimum absolute atomic E-state index is 0.346. The Labute approximate surface area is 72.8 Å². The SMILES string of the molecule is C#Cc1cncc(N)c1C(C)C. The molecule has 0 aliphatic heterocycles. The topological polar surface area (TPSA) is 38.9 Å². The molecule has 2 heteroatoms. The highest BCUT2D eigenvalue weighted by Crippen LogP contribution is 2.23. The molecule has 1 aromatic rings. The lowest BCUT2D eigenvalue weighted by Crippen LogP contribution is -2.00. The van der Waals surface area contributed by atoms with Crippen LogP contribution in [0, 0.1) is 12.3 Å². The molecule has 0 aliphatic rings. The van der Waals surface area contributed by atoms with Gasteiger partial charge in [0.1, 0.15) is 0 Å². The Bertz CT molecular complexity index is 321. The van der Waals surface area contributed by atoms with Gasteiger partial charge in [-0.3, -0.25) is 4.98 Å². The average molecular weight is 160 g/mol. The van der Waals surface area contributed by atoms with Crippen molar-refractivity contribution in [3.05, 3.63) is 23.5 Å². The van der Waals surface area contributed by atoms with Crippen molar-refractivity contribution >= 4 is 5.69 Å². The molecule has 1 aromatic heterocycles. The van der Waals surface area contributed by atoms with Gasteiger partial charge >= 0.3 is 0 Å². The summed E-state index contributed by atoms with van der Waals surface area (Å²) in [6, 6.07) is 0. The molecule has 1 rings (SSSR count). The van der Waals surface area contributed by atoms with E-state index in [1.165, 1.54) is 0 Å². The van der Waals surface area contributed by atoms with Crippen molar-refractivity contribution in [2.24, 2.45) is 0 Å². The van der Waals surface area contributed by atoms with E-state index in [9.17, 15) is 0 Å². The molecule has 62 valence electrons. The van der Waals surface area contributed by atoms with Crippen molar-refractivity contribution in [3.8, 4) is 12.3 Å². The van der Waals surface area contributed by atoms with Crippen LogP contribution in [0.15, 0.2) is 12.4 Å². The van der Waals surface area contributed by atoms with E-state index in [1.807, 2.05) is 0 Å². The van der Waals surface area contributed by atoms with Crippen LogP contribution in [-0.2, 0) is 0 Å². The first-order chi connectivity index (χ1) is 5.66.